The van der Waals surface area contributed by atoms with Crippen molar-refractivity contribution in [2.45, 2.75) is 101 Å². The Balaban J connectivity index is 1.45. The second-order valence-corrected chi connectivity index (χ2v) is 13.9. The van der Waals surface area contributed by atoms with Gasteiger partial charge in [0.15, 0.2) is 0 Å². The highest BCUT2D eigenvalue weighted by Crippen LogP contribution is 2.59. The van der Waals surface area contributed by atoms with Crippen LogP contribution in [0, 0.1) is 11.8 Å². The average Bonchev–Trinajstić information content (AvgIpc) is 3.64. The lowest BCUT2D eigenvalue weighted by molar-refractivity contribution is -0.162. The maximum atomic E-state index is 14.8. The van der Waals surface area contributed by atoms with Crippen LogP contribution in [-0.4, -0.2) is 87.6 Å². The zero-order valence-electron chi connectivity index (χ0n) is 25.8. The van der Waals surface area contributed by atoms with Gasteiger partial charge < -0.3 is 29.7 Å². The van der Waals surface area contributed by atoms with Crippen LogP contribution >= 0.6 is 15.9 Å². The Morgan fingerprint density at radius 2 is 1.78 bits per heavy atom. The summed E-state index contributed by atoms with van der Waals surface area (Å²) in [6.07, 6.45) is 9.54. The number of aliphatic hydroxyl groups excluding tert-OH is 1. The topological polar surface area (TPSA) is 125 Å². The minimum atomic E-state index is -1.41. The predicted molar refractivity (Wildman–Crippen MR) is 169 cm³/mol. The van der Waals surface area contributed by atoms with E-state index in [4.69, 9.17) is 9.47 Å². The third kappa shape index (κ3) is 5.65. The molecule has 1 aliphatic carbocycles. The normalized spacial score (nSPS) is 36.0. The van der Waals surface area contributed by atoms with Crippen molar-refractivity contribution in [3.05, 3.63) is 58.6 Å². The molecule has 3 fully saturated rings. The van der Waals surface area contributed by atoms with Crippen LogP contribution in [0.4, 0.5) is 0 Å². The van der Waals surface area contributed by atoms with Crippen molar-refractivity contribution in [1.82, 2.24) is 15.1 Å². The lowest BCUT2D eigenvalue weighted by Gasteiger charge is -2.41. The molecule has 242 valence electrons. The quantitative estimate of drug-likeness (QED) is 0.367. The molecule has 4 aliphatic heterocycles. The molecule has 1 spiro atoms. The number of amides is 3. The molecule has 5 aliphatic rings. The molecular weight excluding hydrogens is 642 g/mol. The number of nitrogens with zero attached hydrogens (tertiary/aromatic N) is 2. The van der Waals surface area contributed by atoms with Crippen molar-refractivity contribution in [2.24, 2.45) is 11.8 Å². The number of fused-ring (bicyclic) bond motifs is 2. The van der Waals surface area contributed by atoms with Gasteiger partial charge in [-0.15, -0.1) is 0 Å². The molecule has 0 radical (unpaired) electrons. The van der Waals surface area contributed by atoms with Crippen LogP contribution in [0.1, 0.15) is 70.5 Å². The largest absolute Gasteiger partial charge is 0.455 e. The molecule has 10 nitrogen and oxygen atoms in total. The second-order valence-electron chi connectivity index (χ2n) is 13.0. The second kappa shape index (κ2) is 13.0. The van der Waals surface area contributed by atoms with E-state index < -0.39 is 59.6 Å². The Labute approximate surface area is 272 Å². The van der Waals surface area contributed by atoms with Gasteiger partial charge in [0.25, 0.3) is 0 Å². The van der Waals surface area contributed by atoms with Crippen LogP contribution in [0.3, 0.4) is 0 Å². The SMILES string of the molecule is C[C@H](CO)N1C(=O)[C@H]2[C@@H]3C(=O)O[C@H](c4ccccc4)[C@@H](C)NC(=O)CC/C=C\CN(C4CCCCC4)C(=O)[C@H]1[C@@]21C=C(Br)[C@@H]3O1. The molecule has 5 bridgehead atoms. The van der Waals surface area contributed by atoms with Gasteiger partial charge in [-0.05, 0) is 44.7 Å². The summed E-state index contributed by atoms with van der Waals surface area (Å²) in [7, 11) is 0. The minimum Gasteiger partial charge on any atom is -0.455 e. The Kier molecular flexibility index (Phi) is 9.23. The van der Waals surface area contributed by atoms with Crippen molar-refractivity contribution in [2.75, 3.05) is 13.2 Å². The average molecular weight is 685 g/mol. The lowest BCUT2D eigenvalue weighted by atomic mass is 9.74. The maximum absolute atomic E-state index is 14.8. The number of esters is 1. The summed E-state index contributed by atoms with van der Waals surface area (Å²) in [6, 6.07) is 6.88. The minimum absolute atomic E-state index is 0.0163. The molecular formula is C34H42BrN3O7. The zero-order valence-corrected chi connectivity index (χ0v) is 27.4. The number of carbonyl (C=O) groups excluding carboxylic acids is 4. The van der Waals surface area contributed by atoms with Crippen LogP contribution in [0.15, 0.2) is 53.0 Å². The summed E-state index contributed by atoms with van der Waals surface area (Å²) in [5, 5.41) is 13.3. The Morgan fingerprint density at radius 1 is 1.04 bits per heavy atom. The fraction of sp³-hybridized carbons (Fsp3) is 0.588. The first-order chi connectivity index (χ1) is 21.7. The first-order valence-corrected chi connectivity index (χ1v) is 17.0. The molecule has 2 N–H and O–H groups in total. The van der Waals surface area contributed by atoms with Gasteiger partial charge in [-0.2, -0.15) is 0 Å². The molecule has 0 aromatic heterocycles. The van der Waals surface area contributed by atoms with E-state index in [-0.39, 0.29) is 30.9 Å². The lowest BCUT2D eigenvalue weighted by Crippen LogP contribution is -2.59. The van der Waals surface area contributed by atoms with Gasteiger partial charge in [-0.1, -0.05) is 77.7 Å². The van der Waals surface area contributed by atoms with Crippen LogP contribution in [0.2, 0.25) is 0 Å². The zero-order chi connectivity index (χ0) is 31.9. The molecule has 11 heteroatoms. The van der Waals surface area contributed by atoms with E-state index in [1.807, 2.05) is 47.4 Å². The van der Waals surface area contributed by atoms with E-state index in [9.17, 15) is 24.3 Å². The van der Waals surface area contributed by atoms with Gasteiger partial charge in [0.05, 0.1) is 24.6 Å². The van der Waals surface area contributed by atoms with E-state index >= 15 is 0 Å². The number of allylic oxidation sites excluding steroid dienone is 1. The molecule has 45 heavy (non-hydrogen) atoms. The molecule has 6 rings (SSSR count). The summed E-state index contributed by atoms with van der Waals surface area (Å²) in [6.45, 7) is 3.48. The molecule has 3 amide bonds. The van der Waals surface area contributed by atoms with Crippen LogP contribution in [0.5, 0.6) is 0 Å². The molecule has 8 atom stereocenters. The van der Waals surface area contributed by atoms with E-state index in [1.165, 1.54) is 4.90 Å². The highest BCUT2D eigenvalue weighted by Gasteiger charge is 2.75. The Hall–Kier alpha value is -3.02. The van der Waals surface area contributed by atoms with Gasteiger partial charge >= 0.3 is 5.97 Å². The summed E-state index contributed by atoms with van der Waals surface area (Å²) < 4.78 is 13.4. The fourth-order valence-electron chi connectivity index (χ4n) is 7.96. The third-order valence-electron chi connectivity index (χ3n) is 10.1. The molecule has 1 aromatic carbocycles. The fourth-order valence-corrected chi connectivity index (χ4v) is 8.70. The number of carbonyl (C=O) groups is 4. The van der Waals surface area contributed by atoms with Crippen LogP contribution in [0.25, 0.3) is 0 Å². The highest BCUT2D eigenvalue weighted by molar-refractivity contribution is 9.11. The Morgan fingerprint density at radius 3 is 2.49 bits per heavy atom. The monoisotopic (exact) mass is 683 g/mol. The van der Waals surface area contributed by atoms with Gasteiger partial charge in [0.2, 0.25) is 17.7 Å². The summed E-state index contributed by atoms with van der Waals surface area (Å²) >= 11 is 3.60. The van der Waals surface area contributed by atoms with E-state index in [0.29, 0.717) is 23.0 Å². The summed E-state index contributed by atoms with van der Waals surface area (Å²) in [4.78, 5) is 59.7. The molecule has 4 heterocycles. The smallest absolute Gasteiger partial charge is 0.313 e. The van der Waals surface area contributed by atoms with Gasteiger partial charge in [0, 0.05) is 23.5 Å². The summed E-state index contributed by atoms with van der Waals surface area (Å²) in [5.41, 5.74) is -0.702. The Bertz CT molecular complexity index is 1380. The van der Waals surface area contributed by atoms with Crippen LogP contribution < -0.4 is 5.32 Å². The highest BCUT2D eigenvalue weighted by atomic mass is 79.9. The predicted octanol–water partition coefficient (Wildman–Crippen LogP) is 3.54. The van der Waals surface area contributed by atoms with Gasteiger partial charge in [-0.25, -0.2) is 0 Å². The van der Waals surface area contributed by atoms with Crippen molar-refractivity contribution >= 4 is 39.6 Å². The third-order valence-corrected chi connectivity index (χ3v) is 10.8. The number of nitrogens with one attached hydrogen (secondary N) is 1. The van der Waals surface area contributed by atoms with Crippen molar-refractivity contribution in [3.63, 3.8) is 0 Å². The number of hydrogen-bond donors (Lipinski definition) is 2. The van der Waals surface area contributed by atoms with E-state index in [2.05, 4.69) is 21.2 Å². The molecule has 0 unspecified atom stereocenters. The number of aliphatic hydroxyl groups is 1. The number of hydrogen-bond acceptors (Lipinski definition) is 7. The van der Waals surface area contributed by atoms with Crippen molar-refractivity contribution in [3.8, 4) is 0 Å². The van der Waals surface area contributed by atoms with Gasteiger partial charge in [0.1, 0.15) is 29.8 Å². The van der Waals surface area contributed by atoms with Crippen molar-refractivity contribution in [1.29, 1.82) is 0 Å². The first kappa shape index (κ1) is 31.9. The van der Waals surface area contributed by atoms with Crippen LogP contribution in [-0.2, 0) is 28.7 Å². The first-order valence-electron chi connectivity index (χ1n) is 16.2. The maximum Gasteiger partial charge on any atom is 0.313 e. The van der Waals surface area contributed by atoms with E-state index in [0.717, 1.165) is 32.1 Å². The summed E-state index contributed by atoms with van der Waals surface area (Å²) in [5.74, 6) is -3.53. The molecule has 1 aromatic rings. The number of ether oxygens (including phenoxy) is 2. The standard InChI is InChI=1S/C34H42BrN3O7/c1-20(19-39)38-30-32(42)37(23-14-8-4-9-15-23)17-11-5-10-16-25(40)36-21(2)28(22-12-6-3-7-13-22)44-33(43)26-27(31(38)41)34(30)18-24(35)29(26)45-34/h3,5-7,11-13,18,20-21,23,26-30,39H,4,8-10,14-17,19H2,1-2H3,(H,36,40)/b11-5-/t20-,21-,26+,27-,28+,29+,30+,34-/m1/s1. The van der Waals surface area contributed by atoms with Crippen molar-refractivity contribution < 1.29 is 33.8 Å². The number of rotatable bonds is 4. The number of cyclic esters (lactones) is 1. The number of benzene rings is 1. The van der Waals surface area contributed by atoms with E-state index in [1.54, 1.807) is 19.9 Å². The molecule has 1 saturated carbocycles. The number of likely N-dealkylation sites (tertiary alicyclic amines) is 1. The van der Waals surface area contributed by atoms with Gasteiger partial charge in [-0.3, -0.25) is 19.2 Å². The molecule has 2 saturated heterocycles. The number of halogens is 1.